The molecule has 8 rings (SSSR count). The molecular weight excluding hydrogens is 709 g/mol. The molecule has 0 spiro atoms. The molecule has 3 aliphatic heterocycles. The minimum absolute atomic E-state index is 0.0159. The van der Waals surface area contributed by atoms with Gasteiger partial charge in [-0.3, -0.25) is 24.6 Å². The molecule has 3 saturated heterocycles. The molecule has 1 aromatic carbocycles. The van der Waals surface area contributed by atoms with Crippen LogP contribution in [0.4, 0.5) is 17.5 Å². The second-order valence-electron chi connectivity index (χ2n) is 15.9. The lowest BCUT2D eigenvalue weighted by Crippen LogP contribution is -2.53. The minimum Gasteiger partial charge on any atom is -0.494 e. The molecule has 296 valence electrons. The molecule has 4 aromatic rings. The van der Waals surface area contributed by atoms with E-state index in [-0.39, 0.29) is 29.7 Å². The fourth-order valence-corrected chi connectivity index (χ4v) is 8.90. The summed E-state index contributed by atoms with van der Waals surface area (Å²) in [5, 5.41) is 6.60. The second kappa shape index (κ2) is 17.0. The van der Waals surface area contributed by atoms with Crippen molar-refractivity contribution in [3.63, 3.8) is 0 Å². The third kappa shape index (κ3) is 8.51. The third-order valence-corrected chi connectivity index (χ3v) is 12.0. The largest absolute Gasteiger partial charge is 0.494 e. The van der Waals surface area contributed by atoms with Gasteiger partial charge in [0.1, 0.15) is 22.9 Å². The Balaban J connectivity index is 0.763. The number of piperidine rings is 2. The average molecular weight is 763 g/mol. The van der Waals surface area contributed by atoms with E-state index in [4.69, 9.17) is 14.7 Å². The van der Waals surface area contributed by atoms with Crippen LogP contribution in [0.3, 0.4) is 0 Å². The van der Waals surface area contributed by atoms with Gasteiger partial charge < -0.3 is 29.3 Å². The number of carbonyl (C=O) groups excluding carboxylic acids is 3. The molecule has 14 heteroatoms. The number of carbonyl (C=O) groups is 3. The van der Waals surface area contributed by atoms with Gasteiger partial charge in [0, 0.05) is 76.9 Å². The Morgan fingerprint density at radius 3 is 2.36 bits per heavy atom. The zero-order chi connectivity index (χ0) is 38.6. The van der Waals surface area contributed by atoms with Gasteiger partial charge in [0.25, 0.3) is 5.91 Å². The van der Waals surface area contributed by atoms with Crippen molar-refractivity contribution in [1.29, 1.82) is 0 Å². The van der Waals surface area contributed by atoms with Gasteiger partial charge in [-0.25, -0.2) is 9.97 Å². The van der Waals surface area contributed by atoms with Crippen LogP contribution in [0, 0.1) is 0 Å². The summed E-state index contributed by atoms with van der Waals surface area (Å²) in [5.41, 5.74) is 3.51. The van der Waals surface area contributed by atoms with Crippen LogP contribution in [0.25, 0.3) is 11.0 Å². The van der Waals surface area contributed by atoms with Crippen LogP contribution < -0.4 is 20.3 Å². The van der Waals surface area contributed by atoms with Crippen molar-refractivity contribution in [3.05, 3.63) is 66.1 Å². The summed E-state index contributed by atoms with van der Waals surface area (Å²) in [5.74, 6) is 1.29. The molecule has 4 fully saturated rings. The fourth-order valence-electron chi connectivity index (χ4n) is 8.90. The summed E-state index contributed by atoms with van der Waals surface area (Å²) in [6, 6.07) is 14.7. The summed E-state index contributed by atoms with van der Waals surface area (Å²) in [7, 11) is 3.58. The number of ether oxygens (including phenoxy) is 1. The Morgan fingerprint density at radius 1 is 0.893 bits per heavy atom. The zero-order valence-electron chi connectivity index (χ0n) is 32.7. The fraction of sp³-hybridized carbons (Fsp3) is 0.524. The van der Waals surface area contributed by atoms with Gasteiger partial charge in [-0.15, -0.1) is 0 Å². The van der Waals surface area contributed by atoms with Gasteiger partial charge >= 0.3 is 0 Å². The first kappa shape index (κ1) is 37.8. The number of aromatic nitrogens is 4. The lowest BCUT2D eigenvalue weighted by Gasteiger charge is -2.43. The number of hydrogen-bond donors (Lipinski definition) is 2. The number of amides is 3. The highest BCUT2D eigenvalue weighted by Crippen LogP contribution is 2.35. The first-order valence-corrected chi connectivity index (χ1v) is 20.4. The standard InChI is InChI=1S/C42H54N10O4/c1-48(2)41(55)36-26-30-27-44-42(47-39(30)52(36)32-6-3-4-7-32)45-37-14-10-33(28-43-37)51-23-21-50(22-24-51)31-16-19-49(20-17-31)18-5-25-56-34-11-8-29(9-12-34)35-13-15-38(53)46-40(35)54/h8-12,14,26-28,31-32,35H,3-7,13,15-25H2,1-2H3,(H,46,53,54)(H,43,44,45,47). The molecule has 4 aliphatic rings. The van der Waals surface area contributed by atoms with E-state index in [0.29, 0.717) is 43.0 Å². The second-order valence-corrected chi connectivity index (χ2v) is 15.9. The highest BCUT2D eigenvalue weighted by atomic mass is 16.5. The van der Waals surface area contributed by atoms with E-state index in [1.165, 1.54) is 12.8 Å². The number of imide groups is 1. The zero-order valence-corrected chi connectivity index (χ0v) is 32.7. The molecule has 3 amide bonds. The van der Waals surface area contributed by atoms with Crippen LogP contribution in [-0.4, -0.2) is 124 Å². The lowest BCUT2D eigenvalue weighted by atomic mass is 9.90. The Hall–Kier alpha value is -5.08. The molecule has 56 heavy (non-hydrogen) atoms. The van der Waals surface area contributed by atoms with Crippen LogP contribution in [-0.2, 0) is 9.59 Å². The van der Waals surface area contributed by atoms with Crippen LogP contribution >= 0.6 is 0 Å². The third-order valence-electron chi connectivity index (χ3n) is 12.0. The number of rotatable bonds is 12. The first-order valence-electron chi connectivity index (χ1n) is 20.4. The first-order chi connectivity index (χ1) is 27.3. The van der Waals surface area contributed by atoms with E-state index in [0.717, 1.165) is 106 Å². The van der Waals surface area contributed by atoms with Crippen molar-refractivity contribution in [2.24, 2.45) is 0 Å². The quantitative estimate of drug-likeness (QED) is 0.150. The van der Waals surface area contributed by atoms with Gasteiger partial charge in [-0.1, -0.05) is 25.0 Å². The highest BCUT2D eigenvalue weighted by molar-refractivity contribution is 6.01. The van der Waals surface area contributed by atoms with Crippen molar-refractivity contribution < 1.29 is 19.1 Å². The van der Waals surface area contributed by atoms with E-state index in [1.807, 2.05) is 42.6 Å². The normalized spacial score (nSPS) is 20.4. The predicted molar refractivity (Wildman–Crippen MR) is 215 cm³/mol. The summed E-state index contributed by atoms with van der Waals surface area (Å²) in [6.07, 6.45) is 12.4. The number of benzene rings is 1. The van der Waals surface area contributed by atoms with Crippen LogP contribution in [0.1, 0.15) is 85.8 Å². The van der Waals surface area contributed by atoms with Gasteiger partial charge in [0.2, 0.25) is 17.8 Å². The Kier molecular flexibility index (Phi) is 11.5. The monoisotopic (exact) mass is 762 g/mol. The van der Waals surface area contributed by atoms with Gasteiger partial charge in [0.15, 0.2) is 0 Å². The number of anilines is 3. The lowest BCUT2D eigenvalue weighted by molar-refractivity contribution is -0.134. The molecule has 1 atom stereocenters. The molecule has 6 heterocycles. The van der Waals surface area contributed by atoms with E-state index < -0.39 is 0 Å². The number of piperazine rings is 1. The number of hydrogen-bond acceptors (Lipinski definition) is 11. The molecule has 2 N–H and O–H groups in total. The number of nitrogens with one attached hydrogen (secondary N) is 2. The van der Waals surface area contributed by atoms with Crippen LogP contribution in [0.15, 0.2) is 54.9 Å². The maximum absolute atomic E-state index is 13.1. The van der Waals surface area contributed by atoms with E-state index in [1.54, 1.807) is 25.2 Å². The molecule has 14 nitrogen and oxygen atoms in total. The SMILES string of the molecule is CN(C)C(=O)c1cc2cnc(Nc3ccc(N4CCN(C5CCN(CCCOc6ccc(C7CCC(=O)NC7=O)cc6)CC5)CC4)cn3)nc2n1C1CCCC1. The number of likely N-dealkylation sites (tertiary alicyclic amines) is 1. The molecular formula is C42H54N10O4. The van der Waals surface area contributed by atoms with Gasteiger partial charge in [-0.05, 0) is 87.5 Å². The Bertz CT molecular complexity index is 1990. The minimum atomic E-state index is -0.268. The highest BCUT2D eigenvalue weighted by Gasteiger charge is 2.30. The number of nitrogens with zero attached hydrogens (tertiary/aromatic N) is 8. The Morgan fingerprint density at radius 2 is 1.66 bits per heavy atom. The number of fused-ring (bicyclic) bond motifs is 1. The molecule has 1 saturated carbocycles. The molecule has 0 radical (unpaired) electrons. The predicted octanol–water partition coefficient (Wildman–Crippen LogP) is 4.96. The van der Waals surface area contributed by atoms with E-state index in [2.05, 4.69) is 41.0 Å². The molecule has 0 bridgehead atoms. The van der Waals surface area contributed by atoms with Gasteiger partial charge in [-0.2, -0.15) is 4.98 Å². The van der Waals surface area contributed by atoms with Crippen molar-refractivity contribution in [2.75, 3.05) is 76.7 Å². The number of pyridine rings is 1. The van der Waals surface area contributed by atoms with Crippen molar-refractivity contribution in [2.45, 2.75) is 75.8 Å². The van der Waals surface area contributed by atoms with Crippen molar-refractivity contribution in [1.82, 2.24) is 39.5 Å². The average Bonchev–Trinajstić information content (AvgIpc) is 3.88. The van der Waals surface area contributed by atoms with Crippen LogP contribution in [0.2, 0.25) is 0 Å². The van der Waals surface area contributed by atoms with Gasteiger partial charge in [0.05, 0.1) is 24.4 Å². The molecule has 1 unspecified atom stereocenters. The van der Waals surface area contributed by atoms with E-state index in [9.17, 15) is 14.4 Å². The summed E-state index contributed by atoms with van der Waals surface area (Å²) in [6.45, 7) is 7.97. The Labute approximate surface area is 328 Å². The van der Waals surface area contributed by atoms with Crippen LogP contribution in [0.5, 0.6) is 5.75 Å². The topological polar surface area (TPSA) is 141 Å². The summed E-state index contributed by atoms with van der Waals surface area (Å²) >= 11 is 0. The van der Waals surface area contributed by atoms with Crippen molar-refractivity contribution in [3.8, 4) is 5.75 Å². The summed E-state index contributed by atoms with van der Waals surface area (Å²) in [4.78, 5) is 60.1. The molecule has 3 aromatic heterocycles. The van der Waals surface area contributed by atoms with E-state index >= 15 is 0 Å². The van der Waals surface area contributed by atoms with Crippen molar-refractivity contribution >= 4 is 46.2 Å². The summed E-state index contributed by atoms with van der Waals surface area (Å²) < 4.78 is 8.14. The smallest absolute Gasteiger partial charge is 0.270 e. The maximum atomic E-state index is 13.1. The maximum Gasteiger partial charge on any atom is 0.270 e. The molecule has 1 aliphatic carbocycles.